The van der Waals surface area contributed by atoms with E-state index in [1.807, 2.05) is 12.4 Å². The van der Waals surface area contributed by atoms with Gasteiger partial charge >= 0.3 is 0 Å². The maximum Gasteiger partial charge on any atom is 0.252 e. The fourth-order valence-electron chi connectivity index (χ4n) is 2.01. The van der Waals surface area contributed by atoms with Gasteiger partial charge in [0.15, 0.2) is 0 Å². The Balaban J connectivity index is 2.90. The molecule has 1 aromatic rings. The van der Waals surface area contributed by atoms with Crippen LogP contribution < -0.4 is 5.56 Å². The molecule has 0 aromatic carbocycles. The average Bonchev–Trinajstić information content (AvgIpc) is 2.40. The van der Waals surface area contributed by atoms with E-state index in [-0.39, 0.29) is 5.56 Å². The quantitative estimate of drug-likeness (QED) is 0.534. The summed E-state index contributed by atoms with van der Waals surface area (Å²) < 4.78 is 1.73. The van der Waals surface area contributed by atoms with Crippen molar-refractivity contribution in [1.82, 2.24) is 9.47 Å². The van der Waals surface area contributed by atoms with Crippen molar-refractivity contribution in [2.24, 2.45) is 4.99 Å². The topological polar surface area (TPSA) is 37.6 Å². The van der Waals surface area contributed by atoms with Crippen LogP contribution >= 0.6 is 0 Å². The molecule has 0 saturated carbocycles. The van der Waals surface area contributed by atoms with Crippen LogP contribution in [0.1, 0.15) is 40.0 Å². The molecule has 0 aliphatic rings. The van der Waals surface area contributed by atoms with Crippen molar-refractivity contribution < 1.29 is 0 Å². The van der Waals surface area contributed by atoms with Gasteiger partial charge in [0.2, 0.25) is 0 Å². The summed E-state index contributed by atoms with van der Waals surface area (Å²) >= 11 is 0. The molecule has 0 amide bonds. The summed E-state index contributed by atoms with van der Waals surface area (Å²) in [6.45, 7) is 9.10. The molecule has 0 atom stereocenters. The van der Waals surface area contributed by atoms with Crippen LogP contribution in [0.4, 0.5) is 5.82 Å². The Bertz CT molecular complexity index is 445. The molecule has 4 heteroatoms. The van der Waals surface area contributed by atoms with E-state index < -0.39 is 0 Å². The minimum atomic E-state index is 0.0223. The third-order valence-electron chi connectivity index (χ3n) is 2.85. The van der Waals surface area contributed by atoms with Gasteiger partial charge in [-0.3, -0.25) is 9.36 Å². The first kappa shape index (κ1) is 15.5. The Labute approximate surface area is 115 Å². The zero-order valence-corrected chi connectivity index (χ0v) is 12.3. The van der Waals surface area contributed by atoms with Crippen LogP contribution in [0.5, 0.6) is 0 Å². The Morgan fingerprint density at radius 1 is 1.16 bits per heavy atom. The molecule has 1 aromatic heterocycles. The van der Waals surface area contributed by atoms with Gasteiger partial charge in [-0.25, -0.2) is 4.99 Å². The van der Waals surface area contributed by atoms with Gasteiger partial charge in [0.05, 0.1) is 6.34 Å². The molecule has 4 nitrogen and oxygen atoms in total. The van der Waals surface area contributed by atoms with E-state index in [0.29, 0.717) is 6.54 Å². The van der Waals surface area contributed by atoms with Crippen molar-refractivity contribution in [2.75, 3.05) is 13.1 Å². The monoisotopic (exact) mass is 263 g/mol. The van der Waals surface area contributed by atoms with Crippen molar-refractivity contribution >= 4 is 12.2 Å². The smallest absolute Gasteiger partial charge is 0.252 e. The van der Waals surface area contributed by atoms with Gasteiger partial charge in [-0.05, 0) is 25.3 Å². The minimum absolute atomic E-state index is 0.0223. The van der Waals surface area contributed by atoms with Gasteiger partial charge < -0.3 is 4.90 Å². The molecule has 0 fully saturated rings. The maximum absolute atomic E-state index is 11.8. The minimum Gasteiger partial charge on any atom is -0.363 e. The third kappa shape index (κ3) is 4.89. The van der Waals surface area contributed by atoms with E-state index >= 15 is 0 Å². The van der Waals surface area contributed by atoms with Crippen LogP contribution in [-0.2, 0) is 6.54 Å². The molecule has 19 heavy (non-hydrogen) atoms. The van der Waals surface area contributed by atoms with Crippen LogP contribution in [0.3, 0.4) is 0 Å². The molecule has 0 N–H and O–H groups in total. The summed E-state index contributed by atoms with van der Waals surface area (Å²) in [5.74, 6) is 0.742. The Hall–Kier alpha value is -1.58. The van der Waals surface area contributed by atoms with Crippen molar-refractivity contribution in [3.8, 4) is 0 Å². The molecule has 0 aliphatic carbocycles. The number of aliphatic imine (C=N–C) groups is 1. The summed E-state index contributed by atoms with van der Waals surface area (Å²) in [5, 5.41) is 0. The van der Waals surface area contributed by atoms with Crippen LogP contribution in [0.25, 0.3) is 0 Å². The molecule has 0 radical (unpaired) electrons. The van der Waals surface area contributed by atoms with E-state index in [2.05, 4.69) is 30.7 Å². The standard InChI is InChI=1S/C15H25N3O/c1-4-10-17(11-5-2)13-16-14-8-7-9-15(19)18(14)12-6-3/h7-9,13H,4-6,10-12H2,1-3H3/b16-13+. The van der Waals surface area contributed by atoms with E-state index in [1.54, 1.807) is 16.7 Å². The average molecular weight is 263 g/mol. The lowest BCUT2D eigenvalue weighted by Crippen LogP contribution is -2.24. The Kier molecular flexibility index (Phi) is 6.93. The highest BCUT2D eigenvalue weighted by Crippen LogP contribution is 2.09. The van der Waals surface area contributed by atoms with Crippen molar-refractivity contribution in [1.29, 1.82) is 0 Å². The number of hydrogen-bond donors (Lipinski definition) is 0. The summed E-state index contributed by atoms with van der Waals surface area (Å²) in [4.78, 5) is 18.5. The van der Waals surface area contributed by atoms with Gasteiger partial charge in [0, 0.05) is 25.7 Å². The van der Waals surface area contributed by atoms with Crippen LogP contribution in [-0.4, -0.2) is 28.9 Å². The highest BCUT2D eigenvalue weighted by molar-refractivity contribution is 5.59. The Morgan fingerprint density at radius 2 is 1.84 bits per heavy atom. The number of aromatic nitrogens is 1. The van der Waals surface area contributed by atoms with Crippen LogP contribution in [0.2, 0.25) is 0 Å². The highest BCUT2D eigenvalue weighted by atomic mass is 16.1. The number of rotatable bonds is 8. The summed E-state index contributed by atoms with van der Waals surface area (Å²) in [6, 6.07) is 5.25. The highest BCUT2D eigenvalue weighted by Gasteiger charge is 2.01. The van der Waals surface area contributed by atoms with E-state index in [9.17, 15) is 4.79 Å². The molecular formula is C15H25N3O. The predicted molar refractivity (Wildman–Crippen MR) is 81.3 cm³/mol. The second-order valence-corrected chi connectivity index (χ2v) is 4.65. The summed E-state index contributed by atoms with van der Waals surface area (Å²) in [6.07, 6.45) is 5.00. The predicted octanol–water partition coefficient (Wildman–Crippen LogP) is 3.04. The van der Waals surface area contributed by atoms with Crippen molar-refractivity contribution in [3.63, 3.8) is 0 Å². The first-order chi connectivity index (χ1) is 9.22. The fraction of sp³-hybridized carbons (Fsp3) is 0.600. The lowest BCUT2D eigenvalue weighted by molar-refractivity contribution is 0.428. The molecule has 0 saturated heterocycles. The van der Waals surface area contributed by atoms with Crippen molar-refractivity contribution in [2.45, 2.75) is 46.6 Å². The Morgan fingerprint density at radius 3 is 2.42 bits per heavy atom. The molecule has 1 rings (SSSR count). The van der Waals surface area contributed by atoms with Gasteiger partial charge in [0.1, 0.15) is 5.82 Å². The number of nitrogens with zero attached hydrogens (tertiary/aromatic N) is 3. The normalized spacial score (nSPS) is 11.1. The van der Waals surface area contributed by atoms with Crippen LogP contribution in [0, 0.1) is 0 Å². The largest absolute Gasteiger partial charge is 0.363 e. The number of pyridine rings is 1. The van der Waals surface area contributed by atoms with Gasteiger partial charge in [-0.2, -0.15) is 0 Å². The van der Waals surface area contributed by atoms with Gasteiger partial charge in [-0.15, -0.1) is 0 Å². The fourth-order valence-corrected chi connectivity index (χ4v) is 2.01. The van der Waals surface area contributed by atoms with Gasteiger partial charge in [-0.1, -0.05) is 26.8 Å². The molecule has 0 aliphatic heterocycles. The summed E-state index contributed by atoms with van der Waals surface area (Å²) in [7, 11) is 0. The molecule has 0 unspecified atom stereocenters. The van der Waals surface area contributed by atoms with E-state index in [1.165, 1.54) is 0 Å². The second-order valence-electron chi connectivity index (χ2n) is 4.65. The maximum atomic E-state index is 11.8. The first-order valence-corrected chi connectivity index (χ1v) is 7.21. The molecular weight excluding hydrogens is 238 g/mol. The first-order valence-electron chi connectivity index (χ1n) is 7.21. The van der Waals surface area contributed by atoms with Crippen LogP contribution in [0.15, 0.2) is 28.0 Å². The molecule has 1 heterocycles. The molecule has 106 valence electrons. The zero-order valence-electron chi connectivity index (χ0n) is 12.3. The molecule has 0 spiro atoms. The van der Waals surface area contributed by atoms with E-state index in [0.717, 1.165) is 38.2 Å². The van der Waals surface area contributed by atoms with E-state index in [4.69, 9.17) is 0 Å². The lowest BCUT2D eigenvalue weighted by Gasteiger charge is -2.17. The van der Waals surface area contributed by atoms with Crippen molar-refractivity contribution in [3.05, 3.63) is 28.6 Å². The van der Waals surface area contributed by atoms with Gasteiger partial charge in [0.25, 0.3) is 5.56 Å². The zero-order chi connectivity index (χ0) is 14.1. The molecule has 0 bridgehead atoms. The summed E-state index contributed by atoms with van der Waals surface area (Å²) in [5.41, 5.74) is 0.0223. The lowest BCUT2D eigenvalue weighted by atomic mass is 10.4. The third-order valence-corrected chi connectivity index (χ3v) is 2.85. The second kappa shape index (κ2) is 8.51. The number of hydrogen-bond acceptors (Lipinski definition) is 2. The SMILES string of the molecule is CCCN(/C=N/c1cccc(=O)n1CCC)CCC.